The molecule has 1 aromatic carbocycles. The highest BCUT2D eigenvalue weighted by Crippen LogP contribution is 2.25. The predicted octanol–water partition coefficient (Wildman–Crippen LogP) is 4.59. The van der Waals surface area contributed by atoms with Crippen molar-refractivity contribution in [2.45, 2.75) is 45.6 Å². The normalized spacial score (nSPS) is 12.6. The first-order valence-corrected chi connectivity index (χ1v) is 7.74. The Hall–Kier alpha value is -0.570. The summed E-state index contributed by atoms with van der Waals surface area (Å²) in [6.45, 7) is 7.01. The van der Waals surface area contributed by atoms with Gasteiger partial charge < -0.3 is 10.1 Å². The van der Waals surface area contributed by atoms with Crippen LogP contribution >= 0.6 is 11.6 Å². The summed E-state index contributed by atoms with van der Waals surface area (Å²) in [5.74, 6) is 0. The minimum Gasteiger partial charge on any atom is -0.372 e. The first kappa shape index (κ1) is 16.5. The molecular weight excluding hydrogens is 258 g/mol. The van der Waals surface area contributed by atoms with Gasteiger partial charge in [-0.2, -0.15) is 0 Å². The van der Waals surface area contributed by atoms with Gasteiger partial charge in [0, 0.05) is 23.7 Å². The Morgan fingerprint density at radius 3 is 2.63 bits per heavy atom. The standard InChI is InChI=1S/C16H26ClNO/c1-3-5-8-12-19-16(13-18-11-4-2)14-9-6-7-10-15(14)17/h6-7,9-10,16,18H,3-5,8,11-13H2,1-2H3. The van der Waals surface area contributed by atoms with Crippen molar-refractivity contribution in [2.75, 3.05) is 19.7 Å². The van der Waals surface area contributed by atoms with Crippen LogP contribution in [0.15, 0.2) is 24.3 Å². The predicted molar refractivity (Wildman–Crippen MR) is 82.8 cm³/mol. The lowest BCUT2D eigenvalue weighted by molar-refractivity contribution is 0.0502. The van der Waals surface area contributed by atoms with Crippen LogP contribution in [0.4, 0.5) is 0 Å². The van der Waals surface area contributed by atoms with Crippen molar-refractivity contribution >= 4 is 11.6 Å². The minimum absolute atomic E-state index is 0.0529. The summed E-state index contributed by atoms with van der Waals surface area (Å²) in [6, 6.07) is 7.96. The maximum absolute atomic E-state index is 6.26. The summed E-state index contributed by atoms with van der Waals surface area (Å²) in [7, 11) is 0. The molecule has 1 atom stereocenters. The van der Waals surface area contributed by atoms with Crippen molar-refractivity contribution in [1.82, 2.24) is 5.32 Å². The average molecular weight is 284 g/mol. The summed E-state index contributed by atoms with van der Waals surface area (Å²) in [4.78, 5) is 0. The van der Waals surface area contributed by atoms with Gasteiger partial charge in [0.15, 0.2) is 0 Å². The van der Waals surface area contributed by atoms with Crippen LogP contribution in [0.5, 0.6) is 0 Å². The largest absolute Gasteiger partial charge is 0.372 e. The molecule has 0 heterocycles. The van der Waals surface area contributed by atoms with Crippen LogP contribution in [0.2, 0.25) is 5.02 Å². The number of halogens is 1. The Bertz CT molecular complexity index is 343. The Kier molecular flexibility index (Phi) is 8.89. The van der Waals surface area contributed by atoms with E-state index >= 15 is 0 Å². The average Bonchev–Trinajstić information content (AvgIpc) is 2.42. The van der Waals surface area contributed by atoms with Gasteiger partial charge in [-0.3, -0.25) is 0 Å². The molecule has 0 amide bonds. The maximum Gasteiger partial charge on any atom is 0.0963 e. The maximum atomic E-state index is 6.26. The molecule has 0 bridgehead atoms. The molecule has 19 heavy (non-hydrogen) atoms. The van der Waals surface area contributed by atoms with E-state index in [0.717, 1.165) is 43.1 Å². The molecule has 0 saturated heterocycles. The molecule has 3 heteroatoms. The molecule has 0 radical (unpaired) electrons. The zero-order valence-electron chi connectivity index (χ0n) is 12.1. The number of rotatable bonds is 10. The molecule has 2 nitrogen and oxygen atoms in total. The SMILES string of the molecule is CCCCCOC(CNCCC)c1ccccc1Cl. The summed E-state index contributed by atoms with van der Waals surface area (Å²) in [5, 5.41) is 4.21. The van der Waals surface area contributed by atoms with Crippen molar-refractivity contribution in [3.05, 3.63) is 34.9 Å². The van der Waals surface area contributed by atoms with Crippen LogP contribution in [0.1, 0.15) is 51.2 Å². The van der Waals surface area contributed by atoms with Gasteiger partial charge in [0.1, 0.15) is 0 Å². The lowest BCUT2D eigenvalue weighted by Crippen LogP contribution is -2.24. The molecule has 1 N–H and O–H groups in total. The van der Waals surface area contributed by atoms with Crippen molar-refractivity contribution in [3.63, 3.8) is 0 Å². The quantitative estimate of drug-likeness (QED) is 0.634. The third-order valence-corrected chi connectivity index (χ3v) is 3.42. The van der Waals surface area contributed by atoms with Crippen LogP contribution < -0.4 is 5.32 Å². The van der Waals surface area contributed by atoms with Gasteiger partial charge in [-0.05, 0) is 25.5 Å². The van der Waals surface area contributed by atoms with Crippen molar-refractivity contribution in [1.29, 1.82) is 0 Å². The third kappa shape index (κ3) is 6.42. The Morgan fingerprint density at radius 1 is 1.16 bits per heavy atom. The van der Waals surface area contributed by atoms with Gasteiger partial charge in [0.25, 0.3) is 0 Å². The lowest BCUT2D eigenvalue weighted by atomic mass is 10.1. The molecule has 1 rings (SSSR count). The molecule has 0 aliphatic heterocycles. The van der Waals surface area contributed by atoms with Crippen LogP contribution in [-0.2, 0) is 4.74 Å². The number of ether oxygens (including phenoxy) is 1. The lowest BCUT2D eigenvalue weighted by Gasteiger charge is -2.20. The smallest absolute Gasteiger partial charge is 0.0963 e. The Labute approximate surface area is 122 Å². The van der Waals surface area contributed by atoms with E-state index in [0.29, 0.717) is 0 Å². The second-order valence-corrected chi connectivity index (χ2v) is 5.20. The van der Waals surface area contributed by atoms with E-state index in [1.807, 2.05) is 18.2 Å². The number of hydrogen-bond donors (Lipinski definition) is 1. The van der Waals surface area contributed by atoms with E-state index in [2.05, 4.69) is 25.2 Å². The Morgan fingerprint density at radius 2 is 1.95 bits per heavy atom. The molecular formula is C16H26ClNO. The van der Waals surface area contributed by atoms with Crippen molar-refractivity contribution in [3.8, 4) is 0 Å². The molecule has 0 spiro atoms. The second-order valence-electron chi connectivity index (χ2n) is 4.79. The second kappa shape index (κ2) is 10.2. The zero-order valence-corrected chi connectivity index (χ0v) is 12.9. The molecule has 1 unspecified atom stereocenters. The molecule has 0 aliphatic rings. The van der Waals surface area contributed by atoms with Gasteiger partial charge in [-0.1, -0.05) is 56.5 Å². The van der Waals surface area contributed by atoms with E-state index < -0.39 is 0 Å². The summed E-state index contributed by atoms with van der Waals surface area (Å²) >= 11 is 6.26. The van der Waals surface area contributed by atoms with E-state index in [4.69, 9.17) is 16.3 Å². The number of nitrogens with one attached hydrogen (secondary N) is 1. The minimum atomic E-state index is 0.0529. The molecule has 0 aliphatic carbocycles. The van der Waals surface area contributed by atoms with Crippen LogP contribution in [0.25, 0.3) is 0 Å². The monoisotopic (exact) mass is 283 g/mol. The first-order valence-electron chi connectivity index (χ1n) is 7.36. The summed E-state index contributed by atoms with van der Waals surface area (Å²) in [6.07, 6.45) is 4.74. The Balaban J connectivity index is 2.55. The van der Waals surface area contributed by atoms with E-state index in [-0.39, 0.29) is 6.10 Å². The zero-order chi connectivity index (χ0) is 13.9. The van der Waals surface area contributed by atoms with E-state index in [9.17, 15) is 0 Å². The van der Waals surface area contributed by atoms with Crippen LogP contribution in [0.3, 0.4) is 0 Å². The fraction of sp³-hybridized carbons (Fsp3) is 0.625. The van der Waals surface area contributed by atoms with Crippen LogP contribution in [0, 0.1) is 0 Å². The van der Waals surface area contributed by atoms with Gasteiger partial charge in [0.05, 0.1) is 6.10 Å². The van der Waals surface area contributed by atoms with Gasteiger partial charge in [-0.15, -0.1) is 0 Å². The van der Waals surface area contributed by atoms with Gasteiger partial charge >= 0.3 is 0 Å². The third-order valence-electron chi connectivity index (χ3n) is 3.08. The van der Waals surface area contributed by atoms with E-state index in [1.165, 1.54) is 12.8 Å². The topological polar surface area (TPSA) is 21.3 Å². The molecule has 0 fully saturated rings. The molecule has 1 aromatic rings. The van der Waals surface area contributed by atoms with Crippen molar-refractivity contribution < 1.29 is 4.74 Å². The number of hydrogen-bond acceptors (Lipinski definition) is 2. The highest BCUT2D eigenvalue weighted by molar-refractivity contribution is 6.31. The molecule has 0 aromatic heterocycles. The van der Waals surface area contributed by atoms with E-state index in [1.54, 1.807) is 0 Å². The summed E-state index contributed by atoms with van der Waals surface area (Å²) < 4.78 is 6.01. The summed E-state index contributed by atoms with van der Waals surface area (Å²) in [5.41, 5.74) is 1.09. The molecule has 0 saturated carbocycles. The molecule has 108 valence electrons. The fourth-order valence-corrected chi connectivity index (χ4v) is 2.24. The first-order chi connectivity index (χ1) is 9.29. The van der Waals surface area contributed by atoms with Crippen molar-refractivity contribution in [2.24, 2.45) is 0 Å². The highest BCUT2D eigenvalue weighted by atomic mass is 35.5. The number of unbranched alkanes of at least 4 members (excludes halogenated alkanes) is 2. The number of benzene rings is 1. The van der Waals surface area contributed by atoms with Gasteiger partial charge in [-0.25, -0.2) is 0 Å². The van der Waals surface area contributed by atoms with Gasteiger partial charge in [0.2, 0.25) is 0 Å². The van der Waals surface area contributed by atoms with Crippen LogP contribution in [-0.4, -0.2) is 19.7 Å². The fourth-order valence-electron chi connectivity index (χ4n) is 1.98. The highest BCUT2D eigenvalue weighted by Gasteiger charge is 2.14.